The molecule has 1 aromatic carbocycles. The number of rotatable bonds is 2. The molecule has 1 aliphatic heterocycles. The van der Waals surface area contributed by atoms with E-state index >= 15 is 0 Å². The van der Waals surface area contributed by atoms with Gasteiger partial charge in [-0.2, -0.15) is 0 Å². The van der Waals surface area contributed by atoms with E-state index < -0.39 is 17.5 Å². The molecule has 1 heterocycles. The van der Waals surface area contributed by atoms with E-state index in [1.807, 2.05) is 0 Å². The molecule has 0 bridgehead atoms. The van der Waals surface area contributed by atoms with Crippen molar-refractivity contribution in [3.05, 3.63) is 35.1 Å². The van der Waals surface area contributed by atoms with Gasteiger partial charge < -0.3 is 5.32 Å². The summed E-state index contributed by atoms with van der Waals surface area (Å²) >= 11 is 0. The maximum Gasteiger partial charge on any atom is 0.162 e. The van der Waals surface area contributed by atoms with Crippen molar-refractivity contribution in [1.29, 1.82) is 0 Å². The van der Waals surface area contributed by atoms with Crippen molar-refractivity contribution in [3.8, 4) is 0 Å². The van der Waals surface area contributed by atoms with Gasteiger partial charge in [-0.15, -0.1) is 0 Å². The molecule has 0 aromatic heterocycles. The van der Waals surface area contributed by atoms with Crippen LogP contribution in [0.1, 0.15) is 5.56 Å². The summed E-state index contributed by atoms with van der Waals surface area (Å²) in [6.45, 7) is 1.58. The molecule has 0 saturated carbocycles. The van der Waals surface area contributed by atoms with E-state index in [9.17, 15) is 13.2 Å². The monoisotopic (exact) mass is 201 g/mol. The second-order valence-electron chi connectivity index (χ2n) is 3.59. The molecular formula is C10H10F3N. The van der Waals surface area contributed by atoms with Gasteiger partial charge in [0.25, 0.3) is 0 Å². The summed E-state index contributed by atoms with van der Waals surface area (Å²) in [6.07, 6.45) is 0.396. The first-order chi connectivity index (χ1) is 6.66. The van der Waals surface area contributed by atoms with E-state index in [1.54, 1.807) is 0 Å². The van der Waals surface area contributed by atoms with Crippen LogP contribution in [-0.4, -0.2) is 13.1 Å². The lowest BCUT2D eigenvalue weighted by molar-refractivity contribution is 0.340. The highest BCUT2D eigenvalue weighted by Crippen LogP contribution is 2.19. The average Bonchev–Trinajstić information content (AvgIpc) is 2.05. The second-order valence-corrected chi connectivity index (χ2v) is 3.59. The molecule has 1 N–H and O–H groups in total. The summed E-state index contributed by atoms with van der Waals surface area (Å²) in [7, 11) is 0. The summed E-state index contributed by atoms with van der Waals surface area (Å²) < 4.78 is 38.7. The fourth-order valence-corrected chi connectivity index (χ4v) is 1.56. The van der Waals surface area contributed by atoms with Crippen molar-refractivity contribution < 1.29 is 13.2 Å². The lowest BCUT2D eigenvalue weighted by atomic mass is 9.94. The van der Waals surface area contributed by atoms with E-state index in [0.29, 0.717) is 18.4 Å². The van der Waals surface area contributed by atoms with Crippen LogP contribution in [0.3, 0.4) is 0 Å². The highest BCUT2D eigenvalue weighted by atomic mass is 19.2. The standard InChI is InChI=1S/C10H10F3N/c11-8-2-7(1-6-4-14-5-6)10(13)9(12)3-8/h2-3,6,14H,1,4-5H2. The Kier molecular flexibility index (Phi) is 2.46. The SMILES string of the molecule is Fc1cc(F)c(F)c(CC2CNC2)c1. The first-order valence-electron chi connectivity index (χ1n) is 4.51. The van der Waals surface area contributed by atoms with Gasteiger partial charge in [0, 0.05) is 6.07 Å². The molecule has 2 rings (SSSR count). The maximum atomic E-state index is 13.1. The molecule has 0 atom stereocenters. The van der Waals surface area contributed by atoms with Crippen LogP contribution in [-0.2, 0) is 6.42 Å². The number of hydrogen-bond acceptors (Lipinski definition) is 1. The normalized spacial score (nSPS) is 16.8. The Hall–Kier alpha value is -1.03. The Balaban J connectivity index is 2.22. The Morgan fingerprint density at radius 2 is 1.93 bits per heavy atom. The lowest BCUT2D eigenvalue weighted by Crippen LogP contribution is -2.43. The zero-order valence-electron chi connectivity index (χ0n) is 7.49. The van der Waals surface area contributed by atoms with Gasteiger partial charge >= 0.3 is 0 Å². The molecular weight excluding hydrogens is 191 g/mol. The first-order valence-corrected chi connectivity index (χ1v) is 4.51. The summed E-state index contributed by atoms with van der Waals surface area (Å²) in [5.74, 6) is -2.44. The van der Waals surface area contributed by atoms with E-state index in [2.05, 4.69) is 5.32 Å². The quantitative estimate of drug-likeness (QED) is 0.720. The van der Waals surface area contributed by atoms with Crippen LogP contribution in [0.2, 0.25) is 0 Å². The highest BCUT2D eigenvalue weighted by molar-refractivity contribution is 5.21. The van der Waals surface area contributed by atoms with Crippen molar-refractivity contribution in [2.45, 2.75) is 6.42 Å². The predicted octanol–water partition coefficient (Wildman–Crippen LogP) is 1.87. The van der Waals surface area contributed by atoms with Crippen LogP contribution in [0.25, 0.3) is 0 Å². The molecule has 14 heavy (non-hydrogen) atoms. The molecule has 0 spiro atoms. The van der Waals surface area contributed by atoms with Gasteiger partial charge in [-0.1, -0.05) is 0 Å². The van der Waals surface area contributed by atoms with Crippen LogP contribution in [0.5, 0.6) is 0 Å². The lowest BCUT2D eigenvalue weighted by Gasteiger charge is -2.27. The van der Waals surface area contributed by atoms with Gasteiger partial charge in [0.1, 0.15) is 5.82 Å². The molecule has 1 aliphatic rings. The minimum absolute atomic E-state index is 0.133. The van der Waals surface area contributed by atoms with Gasteiger partial charge in [0.2, 0.25) is 0 Å². The van der Waals surface area contributed by atoms with Gasteiger partial charge in [-0.3, -0.25) is 0 Å². The van der Waals surface area contributed by atoms with Crippen LogP contribution in [0, 0.1) is 23.4 Å². The minimum Gasteiger partial charge on any atom is -0.316 e. The van der Waals surface area contributed by atoms with Gasteiger partial charge in [0.05, 0.1) is 0 Å². The van der Waals surface area contributed by atoms with Crippen molar-refractivity contribution in [2.24, 2.45) is 5.92 Å². The van der Waals surface area contributed by atoms with Crippen molar-refractivity contribution in [2.75, 3.05) is 13.1 Å². The summed E-state index contributed by atoms with van der Waals surface area (Å²) in [6, 6.07) is 1.63. The highest BCUT2D eigenvalue weighted by Gasteiger charge is 2.20. The molecule has 1 fully saturated rings. The summed E-state index contributed by atoms with van der Waals surface area (Å²) in [5, 5.41) is 3.02. The van der Waals surface area contributed by atoms with Crippen LogP contribution >= 0.6 is 0 Å². The second kappa shape index (κ2) is 3.61. The summed E-state index contributed by atoms with van der Waals surface area (Å²) in [5.41, 5.74) is 0.133. The topological polar surface area (TPSA) is 12.0 Å². The predicted molar refractivity (Wildman–Crippen MR) is 46.4 cm³/mol. The largest absolute Gasteiger partial charge is 0.316 e. The van der Waals surface area contributed by atoms with E-state index in [4.69, 9.17) is 0 Å². The zero-order valence-corrected chi connectivity index (χ0v) is 7.49. The van der Waals surface area contributed by atoms with Gasteiger partial charge in [0.15, 0.2) is 11.6 Å². The van der Waals surface area contributed by atoms with Gasteiger partial charge in [-0.25, -0.2) is 13.2 Å². The third-order valence-corrected chi connectivity index (χ3v) is 2.44. The fourth-order valence-electron chi connectivity index (χ4n) is 1.56. The zero-order chi connectivity index (χ0) is 10.1. The number of hydrogen-bond donors (Lipinski definition) is 1. The molecule has 1 nitrogen and oxygen atoms in total. The Bertz CT molecular complexity index is 347. The van der Waals surface area contributed by atoms with Crippen LogP contribution < -0.4 is 5.32 Å². The number of nitrogens with one attached hydrogen (secondary N) is 1. The molecule has 1 saturated heterocycles. The third kappa shape index (κ3) is 1.75. The van der Waals surface area contributed by atoms with Crippen molar-refractivity contribution in [1.82, 2.24) is 5.32 Å². The smallest absolute Gasteiger partial charge is 0.162 e. The van der Waals surface area contributed by atoms with E-state index in [1.165, 1.54) is 0 Å². The first kappa shape index (κ1) is 9.52. The minimum atomic E-state index is -1.10. The average molecular weight is 201 g/mol. The molecule has 0 unspecified atom stereocenters. The molecule has 0 radical (unpaired) electrons. The maximum absolute atomic E-state index is 13.1. The molecule has 76 valence electrons. The van der Waals surface area contributed by atoms with Crippen molar-refractivity contribution >= 4 is 0 Å². The molecule has 4 heteroatoms. The van der Waals surface area contributed by atoms with Crippen LogP contribution in [0.4, 0.5) is 13.2 Å². The third-order valence-electron chi connectivity index (χ3n) is 2.44. The number of benzene rings is 1. The summed E-state index contributed by atoms with van der Waals surface area (Å²) in [4.78, 5) is 0. The fraction of sp³-hybridized carbons (Fsp3) is 0.400. The Labute approximate surface area is 79.9 Å². The Morgan fingerprint density at radius 3 is 2.50 bits per heavy atom. The number of halogens is 3. The van der Waals surface area contributed by atoms with E-state index in [-0.39, 0.29) is 5.56 Å². The molecule has 0 aliphatic carbocycles. The molecule has 1 aromatic rings. The van der Waals surface area contributed by atoms with E-state index in [0.717, 1.165) is 19.2 Å². The Morgan fingerprint density at radius 1 is 1.21 bits per heavy atom. The molecule has 0 amide bonds. The van der Waals surface area contributed by atoms with Gasteiger partial charge in [-0.05, 0) is 37.1 Å². The van der Waals surface area contributed by atoms with Crippen molar-refractivity contribution in [3.63, 3.8) is 0 Å². The van der Waals surface area contributed by atoms with Crippen LogP contribution in [0.15, 0.2) is 12.1 Å².